The molecule has 1 aromatic rings. The van der Waals surface area contributed by atoms with Gasteiger partial charge < -0.3 is 10.2 Å². The van der Waals surface area contributed by atoms with Crippen LogP contribution in [0.15, 0.2) is 16.6 Å². The van der Waals surface area contributed by atoms with Gasteiger partial charge in [0.2, 0.25) is 0 Å². The fraction of sp³-hybridized carbons (Fsp3) is 0.400. The van der Waals surface area contributed by atoms with E-state index in [1.54, 1.807) is 13.8 Å². The van der Waals surface area contributed by atoms with Gasteiger partial charge in [0, 0.05) is 17.0 Å². The van der Waals surface area contributed by atoms with Gasteiger partial charge in [0.15, 0.2) is 0 Å². The Kier molecular flexibility index (Phi) is 3.17. The molecule has 0 saturated carbocycles. The van der Waals surface area contributed by atoms with Crippen molar-refractivity contribution in [1.29, 1.82) is 0 Å². The molecule has 1 rings (SSSR count). The van der Waals surface area contributed by atoms with Gasteiger partial charge in [-0.2, -0.15) is 0 Å². The van der Waals surface area contributed by atoms with Crippen molar-refractivity contribution in [2.75, 3.05) is 6.61 Å². The highest BCUT2D eigenvalue weighted by Crippen LogP contribution is 2.34. The van der Waals surface area contributed by atoms with Crippen molar-refractivity contribution in [2.45, 2.75) is 19.3 Å². The number of aliphatic hydroxyl groups excluding tert-OH is 1. The fourth-order valence-electron chi connectivity index (χ4n) is 1.16. The maximum Gasteiger partial charge on any atom is 0.141 e. The number of halogens is 2. The number of benzene rings is 1. The maximum absolute atomic E-state index is 13.0. The van der Waals surface area contributed by atoms with Crippen LogP contribution in [0.25, 0.3) is 0 Å². The molecule has 0 spiro atoms. The molecular weight excluding hydrogens is 251 g/mol. The molecule has 0 aromatic heterocycles. The SMILES string of the molecule is CC(C)(CO)c1cc(Br)c(F)cc1O. The van der Waals surface area contributed by atoms with Gasteiger partial charge in [-0.3, -0.25) is 0 Å². The lowest BCUT2D eigenvalue weighted by atomic mass is 9.85. The van der Waals surface area contributed by atoms with Crippen LogP contribution in [0, 0.1) is 5.82 Å². The smallest absolute Gasteiger partial charge is 0.141 e. The van der Waals surface area contributed by atoms with Crippen LogP contribution in [0.2, 0.25) is 0 Å². The Morgan fingerprint density at radius 1 is 1.43 bits per heavy atom. The highest BCUT2D eigenvalue weighted by Gasteiger charge is 2.24. The lowest BCUT2D eigenvalue weighted by Gasteiger charge is -2.23. The standard InChI is InChI=1S/C10H12BrFO2/c1-10(2,5-13)6-3-7(11)8(12)4-9(6)14/h3-4,13-14H,5H2,1-2H3. The zero-order chi connectivity index (χ0) is 10.9. The number of hydrogen-bond acceptors (Lipinski definition) is 2. The molecular formula is C10H12BrFO2. The van der Waals surface area contributed by atoms with E-state index in [1.165, 1.54) is 6.07 Å². The second-order valence-corrected chi connectivity index (χ2v) is 4.68. The van der Waals surface area contributed by atoms with E-state index in [4.69, 9.17) is 5.11 Å². The van der Waals surface area contributed by atoms with Gasteiger partial charge in [-0.05, 0) is 22.0 Å². The third-order valence-corrected chi connectivity index (χ3v) is 2.77. The fourth-order valence-corrected chi connectivity index (χ4v) is 1.51. The van der Waals surface area contributed by atoms with Crippen molar-refractivity contribution < 1.29 is 14.6 Å². The summed E-state index contributed by atoms with van der Waals surface area (Å²) in [6.45, 7) is 3.43. The van der Waals surface area contributed by atoms with Crippen LogP contribution >= 0.6 is 15.9 Å². The summed E-state index contributed by atoms with van der Waals surface area (Å²) in [6, 6.07) is 2.53. The highest BCUT2D eigenvalue weighted by atomic mass is 79.9. The monoisotopic (exact) mass is 262 g/mol. The van der Waals surface area contributed by atoms with Crippen LogP contribution in [0.5, 0.6) is 5.75 Å². The summed E-state index contributed by atoms with van der Waals surface area (Å²) in [5.74, 6) is -0.648. The van der Waals surface area contributed by atoms with Gasteiger partial charge in [-0.25, -0.2) is 4.39 Å². The quantitative estimate of drug-likeness (QED) is 0.860. The molecule has 14 heavy (non-hydrogen) atoms. The van der Waals surface area contributed by atoms with E-state index >= 15 is 0 Å². The Balaban J connectivity index is 3.29. The molecule has 0 saturated heterocycles. The van der Waals surface area contributed by atoms with E-state index in [2.05, 4.69) is 15.9 Å². The van der Waals surface area contributed by atoms with E-state index in [9.17, 15) is 9.50 Å². The number of rotatable bonds is 2. The molecule has 0 fully saturated rings. The molecule has 0 bridgehead atoms. The summed E-state index contributed by atoms with van der Waals surface area (Å²) in [7, 11) is 0. The van der Waals surface area contributed by atoms with E-state index in [1.807, 2.05) is 0 Å². The first kappa shape index (κ1) is 11.5. The third-order valence-electron chi connectivity index (χ3n) is 2.16. The molecule has 0 heterocycles. The van der Waals surface area contributed by atoms with Crippen molar-refractivity contribution >= 4 is 15.9 Å². The predicted molar refractivity (Wildman–Crippen MR) is 55.9 cm³/mol. The summed E-state index contributed by atoms with van der Waals surface area (Å²) in [4.78, 5) is 0. The first-order valence-electron chi connectivity index (χ1n) is 4.18. The van der Waals surface area contributed by atoms with E-state index in [0.717, 1.165) is 6.07 Å². The van der Waals surface area contributed by atoms with Crippen molar-refractivity contribution in [3.05, 3.63) is 28.0 Å². The molecule has 0 atom stereocenters. The molecule has 0 amide bonds. The van der Waals surface area contributed by atoms with Crippen LogP contribution in [0.3, 0.4) is 0 Å². The third kappa shape index (κ3) is 2.07. The van der Waals surface area contributed by atoms with Crippen molar-refractivity contribution in [3.63, 3.8) is 0 Å². The molecule has 2 nitrogen and oxygen atoms in total. The molecule has 0 unspecified atom stereocenters. The second-order valence-electron chi connectivity index (χ2n) is 3.83. The number of phenols is 1. The molecule has 0 radical (unpaired) electrons. The summed E-state index contributed by atoms with van der Waals surface area (Å²) < 4.78 is 13.3. The lowest BCUT2D eigenvalue weighted by Crippen LogP contribution is -2.22. The average Bonchev–Trinajstić information content (AvgIpc) is 2.11. The molecule has 1 aromatic carbocycles. The van der Waals surface area contributed by atoms with Gasteiger partial charge in [0.1, 0.15) is 11.6 Å². The molecule has 2 N–H and O–H groups in total. The van der Waals surface area contributed by atoms with Crippen LogP contribution in [0.1, 0.15) is 19.4 Å². The van der Waals surface area contributed by atoms with Crippen LogP contribution in [-0.2, 0) is 5.41 Å². The van der Waals surface area contributed by atoms with Crippen molar-refractivity contribution in [1.82, 2.24) is 0 Å². The van der Waals surface area contributed by atoms with Crippen molar-refractivity contribution in [3.8, 4) is 5.75 Å². The first-order valence-corrected chi connectivity index (χ1v) is 4.97. The van der Waals surface area contributed by atoms with Gasteiger partial charge >= 0.3 is 0 Å². The minimum Gasteiger partial charge on any atom is -0.508 e. The van der Waals surface area contributed by atoms with Gasteiger partial charge in [-0.1, -0.05) is 13.8 Å². The zero-order valence-corrected chi connectivity index (χ0v) is 9.60. The number of aliphatic hydroxyl groups is 1. The zero-order valence-electron chi connectivity index (χ0n) is 8.01. The normalized spacial score (nSPS) is 11.8. The molecule has 78 valence electrons. The summed E-state index contributed by atoms with van der Waals surface area (Å²) >= 11 is 3.03. The van der Waals surface area contributed by atoms with Crippen LogP contribution in [-0.4, -0.2) is 16.8 Å². The minimum atomic E-state index is -0.583. The Labute approximate surface area is 90.5 Å². The number of phenolic OH excluding ortho intramolecular Hbond substituents is 1. The minimum absolute atomic E-state index is 0.112. The first-order chi connectivity index (χ1) is 6.38. The molecule has 0 aliphatic heterocycles. The van der Waals surface area contributed by atoms with Gasteiger partial charge in [0.25, 0.3) is 0 Å². The summed E-state index contributed by atoms with van der Waals surface area (Å²) in [5.41, 5.74) is -0.0615. The van der Waals surface area contributed by atoms with E-state index < -0.39 is 11.2 Å². The lowest BCUT2D eigenvalue weighted by molar-refractivity contribution is 0.215. The molecule has 4 heteroatoms. The second kappa shape index (κ2) is 3.87. The van der Waals surface area contributed by atoms with Gasteiger partial charge in [-0.15, -0.1) is 0 Å². The topological polar surface area (TPSA) is 40.5 Å². The van der Waals surface area contributed by atoms with E-state index in [-0.39, 0.29) is 16.8 Å². The number of hydrogen-bond donors (Lipinski definition) is 2. The largest absolute Gasteiger partial charge is 0.508 e. The average molecular weight is 263 g/mol. The molecule has 0 aliphatic carbocycles. The van der Waals surface area contributed by atoms with Crippen LogP contribution < -0.4 is 0 Å². The Morgan fingerprint density at radius 3 is 2.50 bits per heavy atom. The van der Waals surface area contributed by atoms with Crippen LogP contribution in [0.4, 0.5) is 4.39 Å². The maximum atomic E-state index is 13.0. The Morgan fingerprint density at radius 2 is 2.00 bits per heavy atom. The summed E-state index contributed by atoms with van der Waals surface area (Å²) in [5, 5.41) is 18.6. The Hall–Kier alpha value is -0.610. The highest BCUT2D eigenvalue weighted by molar-refractivity contribution is 9.10. The van der Waals surface area contributed by atoms with Gasteiger partial charge in [0.05, 0.1) is 11.1 Å². The van der Waals surface area contributed by atoms with E-state index in [0.29, 0.717) is 5.56 Å². The molecule has 0 aliphatic rings. The number of aromatic hydroxyl groups is 1. The summed E-state index contributed by atoms with van der Waals surface area (Å²) in [6.07, 6.45) is 0. The predicted octanol–water partition coefficient (Wildman–Crippen LogP) is 2.56. The Bertz CT molecular complexity index is 350. The van der Waals surface area contributed by atoms with Crippen molar-refractivity contribution in [2.24, 2.45) is 0 Å².